The maximum atomic E-state index is 11.0. The lowest BCUT2D eigenvalue weighted by atomic mass is 9.96. The zero-order valence-electron chi connectivity index (χ0n) is 11.2. The molecule has 2 heteroatoms. The number of thiophene rings is 1. The second-order valence-corrected chi connectivity index (χ2v) is 6.13. The molecule has 0 spiro atoms. The van der Waals surface area contributed by atoms with Gasteiger partial charge in [0.25, 0.3) is 0 Å². The Morgan fingerprint density at radius 3 is 1.95 bits per heavy atom. The van der Waals surface area contributed by atoms with Crippen LogP contribution in [0.3, 0.4) is 0 Å². The Morgan fingerprint density at radius 1 is 0.762 bits per heavy atom. The molecule has 0 aliphatic rings. The lowest BCUT2D eigenvalue weighted by Gasteiger charge is -2.10. The summed E-state index contributed by atoms with van der Waals surface area (Å²) in [4.78, 5) is 12.9. The molecule has 0 aliphatic carbocycles. The third-order valence-electron chi connectivity index (χ3n) is 3.76. The normalized spacial score (nSPS) is 11.0. The van der Waals surface area contributed by atoms with Crippen LogP contribution in [0, 0.1) is 0 Å². The molecule has 0 N–H and O–H groups in total. The molecule has 1 heterocycles. The Balaban J connectivity index is 2.18. The van der Waals surface area contributed by atoms with E-state index in [1.807, 2.05) is 12.1 Å². The quantitative estimate of drug-likeness (QED) is 0.350. The van der Waals surface area contributed by atoms with Gasteiger partial charge in [-0.05, 0) is 39.7 Å². The van der Waals surface area contributed by atoms with Crippen LogP contribution >= 0.6 is 11.3 Å². The van der Waals surface area contributed by atoms with Crippen LogP contribution in [0.5, 0.6) is 0 Å². The van der Waals surface area contributed by atoms with Crippen molar-refractivity contribution in [2.45, 2.75) is 0 Å². The molecule has 0 bridgehead atoms. The first-order chi connectivity index (χ1) is 10.4. The molecule has 0 amide bonds. The van der Waals surface area contributed by atoms with Crippen molar-refractivity contribution < 1.29 is 4.79 Å². The molecule has 0 aliphatic heterocycles. The summed E-state index contributed by atoms with van der Waals surface area (Å²) in [6.07, 6.45) is 0.918. The number of hydrogen-bond acceptors (Lipinski definition) is 2. The monoisotopic (exact) mass is 288 g/mol. The van der Waals surface area contributed by atoms with E-state index >= 15 is 0 Å². The highest BCUT2D eigenvalue weighted by Gasteiger charge is 2.11. The zero-order chi connectivity index (χ0) is 14.2. The Bertz CT molecular complexity index is 912. The number of hydrogen-bond donors (Lipinski definition) is 0. The van der Waals surface area contributed by atoms with Crippen molar-refractivity contribution in [3.63, 3.8) is 0 Å². The summed E-state index contributed by atoms with van der Waals surface area (Å²) in [5.41, 5.74) is 1.22. The molecule has 3 aromatic carbocycles. The summed E-state index contributed by atoms with van der Waals surface area (Å²) in [7, 11) is 0. The smallest absolute Gasteiger partial charge is 0.160 e. The highest BCUT2D eigenvalue weighted by molar-refractivity contribution is 7.17. The van der Waals surface area contributed by atoms with E-state index in [9.17, 15) is 4.79 Å². The summed E-state index contributed by atoms with van der Waals surface area (Å²) in [6, 6.07) is 23.0. The molecular formula is C19H12OS. The average Bonchev–Trinajstić information content (AvgIpc) is 3.01. The van der Waals surface area contributed by atoms with Gasteiger partial charge in [-0.25, -0.2) is 0 Å². The molecule has 100 valence electrons. The SMILES string of the molecule is O=Cc1ccc(-c2c3ccccc3cc3ccccc23)s1. The second-order valence-electron chi connectivity index (χ2n) is 5.01. The van der Waals surface area contributed by atoms with Crippen LogP contribution in [-0.4, -0.2) is 6.29 Å². The van der Waals surface area contributed by atoms with Crippen LogP contribution in [0.4, 0.5) is 0 Å². The lowest BCUT2D eigenvalue weighted by Crippen LogP contribution is -1.82. The standard InChI is InChI=1S/C19H12OS/c20-12-15-9-10-18(21-15)19-16-7-3-1-5-13(16)11-14-6-2-4-8-17(14)19/h1-12H. The summed E-state index contributed by atoms with van der Waals surface area (Å²) in [5.74, 6) is 0. The Morgan fingerprint density at radius 2 is 1.38 bits per heavy atom. The molecule has 1 nitrogen and oxygen atoms in total. The van der Waals surface area contributed by atoms with Crippen molar-refractivity contribution in [3.8, 4) is 10.4 Å². The van der Waals surface area contributed by atoms with Crippen LogP contribution in [0.25, 0.3) is 32.0 Å². The van der Waals surface area contributed by atoms with Crippen LogP contribution in [0.1, 0.15) is 9.67 Å². The molecule has 4 aromatic rings. The van der Waals surface area contributed by atoms with Crippen molar-refractivity contribution >= 4 is 39.2 Å². The van der Waals surface area contributed by atoms with Gasteiger partial charge in [-0.2, -0.15) is 0 Å². The molecule has 21 heavy (non-hydrogen) atoms. The van der Waals surface area contributed by atoms with Crippen molar-refractivity contribution in [2.24, 2.45) is 0 Å². The third kappa shape index (κ3) is 1.96. The van der Waals surface area contributed by atoms with Crippen LogP contribution in [0.2, 0.25) is 0 Å². The lowest BCUT2D eigenvalue weighted by molar-refractivity contribution is 0.112. The van der Waals surface area contributed by atoms with Gasteiger partial charge >= 0.3 is 0 Å². The van der Waals surface area contributed by atoms with E-state index in [-0.39, 0.29) is 0 Å². The fourth-order valence-corrected chi connectivity index (χ4v) is 3.73. The topological polar surface area (TPSA) is 17.1 Å². The predicted molar refractivity (Wildman–Crippen MR) is 90.2 cm³/mol. The first kappa shape index (κ1) is 12.3. The number of carbonyl (C=O) groups is 1. The Labute approximate surface area is 126 Å². The van der Waals surface area contributed by atoms with Gasteiger partial charge in [0, 0.05) is 10.4 Å². The Hall–Kier alpha value is -2.45. The summed E-state index contributed by atoms with van der Waals surface area (Å²) in [6.45, 7) is 0. The van der Waals surface area contributed by atoms with Crippen molar-refractivity contribution in [3.05, 3.63) is 71.6 Å². The van der Waals surface area contributed by atoms with E-state index in [1.165, 1.54) is 27.1 Å². The van der Waals surface area contributed by atoms with Crippen molar-refractivity contribution in [2.75, 3.05) is 0 Å². The van der Waals surface area contributed by atoms with Gasteiger partial charge in [-0.3, -0.25) is 4.79 Å². The molecule has 1 aromatic heterocycles. The molecule has 4 rings (SSSR count). The van der Waals surface area contributed by atoms with E-state index < -0.39 is 0 Å². The van der Waals surface area contributed by atoms with E-state index in [0.717, 1.165) is 16.0 Å². The minimum absolute atomic E-state index is 0.766. The van der Waals surface area contributed by atoms with Gasteiger partial charge in [0.15, 0.2) is 6.29 Å². The number of carbonyl (C=O) groups excluding carboxylic acids is 1. The van der Waals surface area contributed by atoms with E-state index in [2.05, 4.69) is 54.6 Å². The largest absolute Gasteiger partial charge is 0.297 e. The van der Waals surface area contributed by atoms with Gasteiger partial charge in [0.2, 0.25) is 0 Å². The van der Waals surface area contributed by atoms with E-state index in [0.29, 0.717) is 0 Å². The molecule has 0 fully saturated rings. The minimum atomic E-state index is 0.766. The first-order valence-corrected chi connectivity index (χ1v) is 7.64. The molecule has 0 saturated heterocycles. The zero-order valence-corrected chi connectivity index (χ0v) is 12.1. The van der Waals surface area contributed by atoms with Crippen molar-refractivity contribution in [1.29, 1.82) is 0 Å². The molecule has 0 unspecified atom stereocenters. The summed E-state index contributed by atoms with van der Waals surface area (Å²) < 4.78 is 0. The summed E-state index contributed by atoms with van der Waals surface area (Å²) in [5, 5.41) is 4.92. The van der Waals surface area contributed by atoms with Crippen molar-refractivity contribution in [1.82, 2.24) is 0 Å². The van der Waals surface area contributed by atoms with Gasteiger partial charge in [-0.1, -0.05) is 48.5 Å². The molecular weight excluding hydrogens is 276 g/mol. The van der Waals surface area contributed by atoms with Gasteiger partial charge in [-0.15, -0.1) is 11.3 Å². The maximum Gasteiger partial charge on any atom is 0.160 e. The van der Waals surface area contributed by atoms with Crippen LogP contribution in [0.15, 0.2) is 66.7 Å². The van der Waals surface area contributed by atoms with E-state index in [1.54, 1.807) is 11.3 Å². The van der Waals surface area contributed by atoms with E-state index in [4.69, 9.17) is 0 Å². The molecule has 0 atom stereocenters. The van der Waals surface area contributed by atoms with Gasteiger partial charge < -0.3 is 0 Å². The molecule has 0 radical (unpaired) electrons. The van der Waals surface area contributed by atoms with Gasteiger partial charge in [0.1, 0.15) is 0 Å². The molecule has 0 saturated carbocycles. The predicted octanol–water partition coefficient (Wildman–Crippen LogP) is 5.53. The number of fused-ring (bicyclic) bond motifs is 2. The highest BCUT2D eigenvalue weighted by atomic mass is 32.1. The van der Waals surface area contributed by atoms with Gasteiger partial charge in [0.05, 0.1) is 4.88 Å². The van der Waals surface area contributed by atoms with Crippen LogP contribution < -0.4 is 0 Å². The maximum absolute atomic E-state index is 11.0. The summed E-state index contributed by atoms with van der Waals surface area (Å²) >= 11 is 1.55. The fraction of sp³-hybridized carbons (Fsp3) is 0. The first-order valence-electron chi connectivity index (χ1n) is 6.83. The third-order valence-corrected chi connectivity index (χ3v) is 4.79. The minimum Gasteiger partial charge on any atom is -0.297 e. The fourth-order valence-electron chi connectivity index (χ4n) is 2.83. The average molecular weight is 288 g/mol. The van der Waals surface area contributed by atoms with Crippen LogP contribution in [-0.2, 0) is 0 Å². The Kier molecular flexibility index (Phi) is 2.83. The highest BCUT2D eigenvalue weighted by Crippen LogP contribution is 2.39. The second kappa shape index (κ2) is 4.83. The number of aldehydes is 1. The number of rotatable bonds is 2. The number of benzene rings is 3.